The van der Waals surface area contributed by atoms with Crippen molar-refractivity contribution in [3.05, 3.63) is 53.6 Å². The van der Waals surface area contributed by atoms with Crippen LogP contribution in [-0.2, 0) is 19.3 Å². The molecule has 1 N–H and O–H groups in total. The molecule has 2 aromatic carbocycles. The van der Waals surface area contributed by atoms with Crippen LogP contribution in [0.15, 0.2) is 42.5 Å². The summed E-state index contributed by atoms with van der Waals surface area (Å²) in [5, 5.41) is 2.60. The van der Waals surface area contributed by atoms with Gasteiger partial charge in [0, 0.05) is 39.0 Å². The molecule has 0 aliphatic carbocycles. The molecule has 0 saturated carbocycles. The maximum atomic E-state index is 12.3. The summed E-state index contributed by atoms with van der Waals surface area (Å²) < 4.78 is 47.7. The maximum absolute atomic E-state index is 12.3. The highest BCUT2D eigenvalue weighted by Crippen LogP contribution is 2.38. The van der Waals surface area contributed by atoms with Crippen molar-refractivity contribution in [2.24, 2.45) is 0 Å². The molecule has 9 heteroatoms. The lowest BCUT2D eigenvalue weighted by Crippen LogP contribution is -2.50. The second kappa shape index (κ2) is 11.8. The third-order valence-corrected chi connectivity index (χ3v) is 8.48. The van der Waals surface area contributed by atoms with Gasteiger partial charge in [-0.3, -0.25) is 5.32 Å². The summed E-state index contributed by atoms with van der Waals surface area (Å²) in [7, 11) is 0.129. The van der Waals surface area contributed by atoms with Crippen molar-refractivity contribution in [2.45, 2.75) is 43.3 Å². The van der Waals surface area contributed by atoms with Crippen molar-refractivity contribution < 1.29 is 27.4 Å². The number of sulfone groups is 1. The number of rotatable bonds is 10. The Morgan fingerprint density at radius 1 is 1.17 bits per heavy atom. The van der Waals surface area contributed by atoms with Gasteiger partial charge in [0.2, 0.25) is 0 Å². The Morgan fingerprint density at radius 2 is 1.94 bits per heavy atom. The molecule has 0 radical (unpaired) electrons. The van der Waals surface area contributed by atoms with Crippen molar-refractivity contribution in [2.75, 3.05) is 58.2 Å². The number of methoxy groups -OCH3 is 2. The smallest absolute Gasteiger partial charge is 0.163 e. The number of ether oxygens (including phenoxy) is 4. The molecule has 2 aliphatic rings. The number of anilines is 1. The summed E-state index contributed by atoms with van der Waals surface area (Å²) in [6.45, 7) is 5.65. The van der Waals surface area contributed by atoms with Crippen LogP contribution in [0.5, 0.6) is 11.5 Å². The van der Waals surface area contributed by atoms with Gasteiger partial charge in [-0.15, -0.1) is 0 Å². The fourth-order valence-electron chi connectivity index (χ4n) is 5.04. The lowest BCUT2D eigenvalue weighted by molar-refractivity contribution is -0.0291. The van der Waals surface area contributed by atoms with Gasteiger partial charge in [0.15, 0.2) is 9.84 Å². The van der Waals surface area contributed by atoms with E-state index >= 15 is 0 Å². The molecule has 8 nitrogen and oxygen atoms in total. The van der Waals surface area contributed by atoms with Crippen LogP contribution in [0.4, 0.5) is 5.69 Å². The average molecular weight is 519 g/mol. The van der Waals surface area contributed by atoms with Crippen LogP contribution < -0.4 is 19.7 Å². The summed E-state index contributed by atoms with van der Waals surface area (Å²) in [4.78, 5) is 2.34. The van der Waals surface area contributed by atoms with Gasteiger partial charge in [-0.1, -0.05) is 18.2 Å². The highest BCUT2D eigenvalue weighted by atomic mass is 32.2. The van der Waals surface area contributed by atoms with Crippen LogP contribution in [0.25, 0.3) is 0 Å². The van der Waals surface area contributed by atoms with Gasteiger partial charge < -0.3 is 23.8 Å². The fourth-order valence-corrected chi connectivity index (χ4v) is 6.00. The molecular weight excluding hydrogens is 480 g/mol. The third-order valence-electron chi connectivity index (χ3n) is 7.09. The quantitative estimate of drug-likeness (QED) is 0.478. The summed E-state index contributed by atoms with van der Waals surface area (Å²) in [6.07, 6.45) is 2.32. The molecule has 1 unspecified atom stereocenters. The van der Waals surface area contributed by atoms with Crippen molar-refractivity contribution in [3.8, 4) is 11.5 Å². The Hall–Kier alpha value is -2.33. The van der Waals surface area contributed by atoms with Crippen LogP contribution in [0, 0.1) is 0 Å². The zero-order valence-electron chi connectivity index (χ0n) is 21.6. The largest absolute Gasteiger partial charge is 0.497 e. The Kier molecular flexibility index (Phi) is 8.77. The van der Waals surface area contributed by atoms with Crippen molar-refractivity contribution in [1.82, 2.24) is 5.32 Å². The minimum atomic E-state index is -3.23. The minimum Gasteiger partial charge on any atom is -0.497 e. The SMILES string of the molecule is COCCCN1CCOc2ccc(C(C)O[C@H]3CN[C@@H](S(C)(=O)=O)C[C@@H]3c3ccc(OC)cc3)cc21. The van der Waals surface area contributed by atoms with E-state index in [4.69, 9.17) is 18.9 Å². The molecule has 2 heterocycles. The van der Waals surface area contributed by atoms with E-state index in [0.717, 1.165) is 54.4 Å². The Morgan fingerprint density at radius 3 is 2.64 bits per heavy atom. The Labute approximate surface area is 214 Å². The number of nitrogens with zero attached hydrogens (tertiary/aromatic N) is 1. The van der Waals surface area contributed by atoms with E-state index in [1.165, 1.54) is 6.26 Å². The van der Waals surface area contributed by atoms with Gasteiger partial charge in [0.25, 0.3) is 0 Å². The van der Waals surface area contributed by atoms with E-state index in [9.17, 15) is 8.42 Å². The molecule has 198 valence electrons. The molecule has 0 aromatic heterocycles. The van der Waals surface area contributed by atoms with Gasteiger partial charge in [0.1, 0.15) is 23.5 Å². The van der Waals surface area contributed by atoms with Gasteiger partial charge in [-0.25, -0.2) is 8.42 Å². The number of hydrogen-bond donors (Lipinski definition) is 1. The molecule has 2 aliphatic heterocycles. The molecule has 2 aromatic rings. The molecular formula is C27H38N2O6S. The number of fused-ring (bicyclic) bond motifs is 1. The Balaban J connectivity index is 1.53. The molecule has 0 spiro atoms. The normalized spacial score (nSPS) is 23.0. The van der Waals surface area contributed by atoms with Crippen molar-refractivity contribution >= 4 is 15.5 Å². The van der Waals surface area contributed by atoms with Gasteiger partial charge in [-0.05, 0) is 55.2 Å². The first kappa shape index (κ1) is 26.7. The predicted molar refractivity (Wildman–Crippen MR) is 141 cm³/mol. The number of nitrogens with one attached hydrogen (secondary N) is 1. The second-order valence-corrected chi connectivity index (χ2v) is 11.8. The maximum Gasteiger partial charge on any atom is 0.163 e. The van der Waals surface area contributed by atoms with E-state index in [0.29, 0.717) is 19.6 Å². The van der Waals surface area contributed by atoms with Gasteiger partial charge in [0.05, 0.1) is 31.5 Å². The van der Waals surface area contributed by atoms with E-state index < -0.39 is 15.2 Å². The lowest BCUT2D eigenvalue weighted by Gasteiger charge is -2.38. The van der Waals surface area contributed by atoms with Gasteiger partial charge in [-0.2, -0.15) is 0 Å². The number of benzene rings is 2. The standard InChI is InChI=1S/C27H38N2O6S/c1-19(21-8-11-25-24(16-21)29(13-15-34-25)12-5-14-32-2)35-26-18-28-27(36(4,30)31)17-23(26)20-6-9-22(33-3)10-7-20/h6-11,16,19,23,26-28H,5,12-15,17-18H2,1-4H3/t19?,23-,26+,27+/m1/s1. The van der Waals surface area contributed by atoms with Crippen LogP contribution >= 0.6 is 0 Å². The highest BCUT2D eigenvalue weighted by molar-refractivity contribution is 7.91. The average Bonchev–Trinajstić information content (AvgIpc) is 2.88. The summed E-state index contributed by atoms with van der Waals surface area (Å²) in [5.41, 5.74) is 3.19. The van der Waals surface area contributed by atoms with Gasteiger partial charge >= 0.3 is 0 Å². The van der Waals surface area contributed by atoms with Crippen LogP contribution in [0.2, 0.25) is 0 Å². The summed E-state index contributed by atoms with van der Waals surface area (Å²) in [6, 6.07) is 14.1. The summed E-state index contributed by atoms with van der Waals surface area (Å²) in [5.74, 6) is 1.59. The zero-order valence-corrected chi connectivity index (χ0v) is 22.4. The van der Waals surface area contributed by atoms with Crippen LogP contribution in [0.3, 0.4) is 0 Å². The number of piperidine rings is 1. The molecule has 0 amide bonds. The van der Waals surface area contributed by atoms with E-state index in [-0.39, 0.29) is 18.1 Å². The Bertz CT molecular complexity index is 1110. The first-order valence-electron chi connectivity index (χ1n) is 12.5. The zero-order chi connectivity index (χ0) is 25.7. The lowest BCUT2D eigenvalue weighted by atomic mass is 9.87. The van der Waals surface area contributed by atoms with E-state index in [1.807, 2.05) is 30.3 Å². The van der Waals surface area contributed by atoms with Crippen LogP contribution in [-0.4, -0.2) is 73.2 Å². The predicted octanol–water partition coefficient (Wildman–Crippen LogP) is 3.52. The molecule has 4 rings (SSSR count). The highest BCUT2D eigenvalue weighted by Gasteiger charge is 2.37. The topological polar surface area (TPSA) is 86.3 Å². The van der Waals surface area contributed by atoms with E-state index in [1.54, 1.807) is 14.2 Å². The van der Waals surface area contributed by atoms with Crippen molar-refractivity contribution in [1.29, 1.82) is 0 Å². The first-order valence-corrected chi connectivity index (χ1v) is 14.5. The second-order valence-electron chi connectivity index (χ2n) is 9.57. The minimum absolute atomic E-state index is 0.0640. The fraction of sp³-hybridized carbons (Fsp3) is 0.556. The molecule has 4 atom stereocenters. The molecule has 0 bridgehead atoms. The van der Waals surface area contributed by atoms with E-state index in [2.05, 4.69) is 29.3 Å². The molecule has 36 heavy (non-hydrogen) atoms. The number of hydrogen-bond acceptors (Lipinski definition) is 8. The first-order chi connectivity index (χ1) is 17.3. The van der Waals surface area contributed by atoms with Crippen LogP contribution in [0.1, 0.15) is 42.9 Å². The molecule has 1 fully saturated rings. The van der Waals surface area contributed by atoms with Crippen molar-refractivity contribution in [3.63, 3.8) is 0 Å². The molecule has 1 saturated heterocycles. The monoisotopic (exact) mass is 518 g/mol. The third kappa shape index (κ3) is 6.32. The summed E-state index contributed by atoms with van der Waals surface area (Å²) >= 11 is 0.